The smallest absolute Gasteiger partial charge is 0.276 e. The van der Waals surface area contributed by atoms with Crippen LogP contribution in [0, 0.1) is 15.9 Å². The molecule has 0 atom stereocenters. The minimum atomic E-state index is -0.587. The molecule has 0 spiro atoms. The summed E-state index contributed by atoms with van der Waals surface area (Å²) in [4.78, 5) is 14.4. The maximum absolute atomic E-state index is 13.3. The van der Waals surface area contributed by atoms with Gasteiger partial charge in [-0.2, -0.15) is 0 Å². The van der Waals surface area contributed by atoms with Crippen molar-refractivity contribution in [2.75, 3.05) is 17.7 Å². The lowest BCUT2D eigenvalue weighted by Gasteiger charge is -2.08. The molecule has 0 aliphatic rings. The van der Waals surface area contributed by atoms with Crippen LogP contribution in [0.3, 0.4) is 0 Å². The number of hydrogen-bond donors (Lipinski definition) is 2. The first-order valence-corrected chi connectivity index (χ1v) is 5.93. The maximum Gasteiger partial charge on any atom is 0.276 e. The Labute approximate surface area is 118 Å². The molecule has 1 heterocycles. The molecule has 104 valence electrons. The Balaban J connectivity index is 2.34. The number of nitro groups is 1. The first-order valence-electron chi connectivity index (χ1n) is 5.56. The van der Waals surface area contributed by atoms with Crippen molar-refractivity contribution in [3.63, 3.8) is 0 Å². The molecule has 0 unspecified atom stereocenters. The van der Waals surface area contributed by atoms with Crippen molar-refractivity contribution >= 4 is 34.6 Å². The third-order valence-corrected chi connectivity index (χ3v) is 2.78. The van der Waals surface area contributed by atoms with Crippen LogP contribution in [-0.4, -0.2) is 17.0 Å². The van der Waals surface area contributed by atoms with Gasteiger partial charge in [-0.1, -0.05) is 11.6 Å². The van der Waals surface area contributed by atoms with Crippen molar-refractivity contribution in [3.05, 3.63) is 51.3 Å². The molecule has 0 radical (unpaired) electrons. The molecular weight excluding hydrogens is 287 g/mol. The van der Waals surface area contributed by atoms with Gasteiger partial charge in [-0.15, -0.1) is 0 Å². The average Bonchev–Trinajstić information content (AvgIpc) is 2.42. The second-order valence-electron chi connectivity index (χ2n) is 3.86. The van der Waals surface area contributed by atoms with Crippen LogP contribution in [0.25, 0.3) is 0 Å². The van der Waals surface area contributed by atoms with E-state index in [1.807, 2.05) is 0 Å². The molecule has 6 nitrogen and oxygen atoms in total. The van der Waals surface area contributed by atoms with Gasteiger partial charge in [0.2, 0.25) is 0 Å². The Morgan fingerprint density at radius 3 is 2.60 bits per heavy atom. The molecule has 0 fully saturated rings. The van der Waals surface area contributed by atoms with E-state index in [2.05, 4.69) is 15.6 Å². The fourth-order valence-corrected chi connectivity index (χ4v) is 1.65. The Kier molecular flexibility index (Phi) is 3.99. The lowest BCUT2D eigenvalue weighted by Crippen LogP contribution is -2.00. The van der Waals surface area contributed by atoms with Crippen LogP contribution in [0.2, 0.25) is 5.02 Å². The number of pyridine rings is 1. The van der Waals surface area contributed by atoms with Crippen LogP contribution in [0.4, 0.5) is 27.4 Å². The third kappa shape index (κ3) is 3.12. The summed E-state index contributed by atoms with van der Waals surface area (Å²) in [6.07, 6.45) is 0. The number of aromatic nitrogens is 1. The molecule has 0 aliphatic carbocycles. The van der Waals surface area contributed by atoms with Crippen molar-refractivity contribution in [2.45, 2.75) is 0 Å². The van der Waals surface area contributed by atoms with Crippen LogP contribution in [0.5, 0.6) is 0 Å². The van der Waals surface area contributed by atoms with Crippen molar-refractivity contribution in [1.82, 2.24) is 4.98 Å². The molecule has 1 aromatic carbocycles. The average molecular weight is 297 g/mol. The highest BCUT2D eigenvalue weighted by Crippen LogP contribution is 2.25. The number of nitrogens with zero attached hydrogens (tertiary/aromatic N) is 2. The van der Waals surface area contributed by atoms with Gasteiger partial charge in [-0.25, -0.2) is 9.37 Å². The van der Waals surface area contributed by atoms with E-state index in [0.29, 0.717) is 11.5 Å². The summed E-state index contributed by atoms with van der Waals surface area (Å²) in [6.45, 7) is 0. The fourth-order valence-electron chi connectivity index (χ4n) is 1.54. The Morgan fingerprint density at radius 1 is 1.30 bits per heavy atom. The molecule has 20 heavy (non-hydrogen) atoms. The van der Waals surface area contributed by atoms with Crippen molar-refractivity contribution in [2.24, 2.45) is 0 Å². The summed E-state index contributed by atoms with van der Waals surface area (Å²) in [5, 5.41) is 16.3. The Bertz CT molecular complexity index is 666. The molecule has 8 heteroatoms. The Hall–Kier alpha value is -2.41. The third-order valence-electron chi connectivity index (χ3n) is 2.47. The zero-order chi connectivity index (χ0) is 14.7. The van der Waals surface area contributed by atoms with Crippen LogP contribution in [-0.2, 0) is 0 Å². The van der Waals surface area contributed by atoms with Gasteiger partial charge in [-0.05, 0) is 18.2 Å². The largest absolute Gasteiger partial charge is 0.373 e. The van der Waals surface area contributed by atoms with Gasteiger partial charge >= 0.3 is 0 Å². The minimum absolute atomic E-state index is 0.00142. The van der Waals surface area contributed by atoms with E-state index in [4.69, 9.17) is 11.6 Å². The number of rotatable bonds is 4. The molecule has 2 rings (SSSR count). The standard InChI is InChI=1S/C12H10ClFN4O2/c1-15-11-5-8(18(19)20)6-12(17-11)16-7-2-3-9(13)10(14)4-7/h2-6H,1H3,(H2,15,16,17). The van der Waals surface area contributed by atoms with E-state index in [1.165, 1.54) is 24.3 Å². The summed E-state index contributed by atoms with van der Waals surface area (Å²) in [5.74, 6) is -0.0302. The van der Waals surface area contributed by atoms with Crippen molar-refractivity contribution in [1.29, 1.82) is 0 Å². The van der Waals surface area contributed by atoms with E-state index in [-0.39, 0.29) is 16.5 Å². The topological polar surface area (TPSA) is 80.1 Å². The predicted octanol–water partition coefficient (Wildman–Crippen LogP) is 3.57. The summed E-state index contributed by atoms with van der Waals surface area (Å²) < 4.78 is 13.3. The maximum atomic E-state index is 13.3. The van der Waals surface area contributed by atoms with E-state index in [9.17, 15) is 14.5 Å². The van der Waals surface area contributed by atoms with Gasteiger partial charge < -0.3 is 10.6 Å². The summed E-state index contributed by atoms with van der Waals surface area (Å²) in [7, 11) is 1.60. The number of halogens is 2. The molecule has 0 aliphatic heterocycles. The van der Waals surface area contributed by atoms with Crippen LogP contribution >= 0.6 is 11.6 Å². The lowest BCUT2D eigenvalue weighted by atomic mass is 10.3. The summed E-state index contributed by atoms with van der Waals surface area (Å²) in [5.41, 5.74) is 0.267. The number of benzene rings is 1. The molecule has 0 saturated carbocycles. The number of nitrogens with one attached hydrogen (secondary N) is 2. The molecule has 2 N–H and O–H groups in total. The molecular formula is C12H10ClFN4O2. The van der Waals surface area contributed by atoms with E-state index >= 15 is 0 Å². The molecule has 0 saturated heterocycles. The monoisotopic (exact) mass is 296 g/mol. The van der Waals surface area contributed by atoms with Crippen LogP contribution < -0.4 is 10.6 Å². The fraction of sp³-hybridized carbons (Fsp3) is 0.0833. The van der Waals surface area contributed by atoms with Gasteiger partial charge in [0.05, 0.1) is 22.1 Å². The molecule has 2 aromatic rings. The van der Waals surface area contributed by atoms with Crippen molar-refractivity contribution < 1.29 is 9.31 Å². The summed E-state index contributed by atoms with van der Waals surface area (Å²) >= 11 is 5.58. The number of hydrogen-bond acceptors (Lipinski definition) is 5. The van der Waals surface area contributed by atoms with Crippen LogP contribution in [0.1, 0.15) is 0 Å². The van der Waals surface area contributed by atoms with Gasteiger partial charge in [0.15, 0.2) is 0 Å². The number of anilines is 3. The lowest BCUT2D eigenvalue weighted by molar-refractivity contribution is -0.384. The zero-order valence-corrected chi connectivity index (χ0v) is 11.1. The predicted molar refractivity (Wildman–Crippen MR) is 75.1 cm³/mol. The highest BCUT2D eigenvalue weighted by Gasteiger charge is 2.11. The molecule has 0 amide bonds. The normalized spacial score (nSPS) is 10.2. The Morgan fingerprint density at radius 2 is 2.00 bits per heavy atom. The molecule has 1 aromatic heterocycles. The van der Waals surface area contributed by atoms with Gasteiger partial charge in [0.25, 0.3) is 5.69 Å². The minimum Gasteiger partial charge on any atom is -0.373 e. The van der Waals surface area contributed by atoms with E-state index < -0.39 is 10.7 Å². The van der Waals surface area contributed by atoms with Gasteiger partial charge in [-0.3, -0.25) is 10.1 Å². The van der Waals surface area contributed by atoms with Gasteiger partial charge in [0.1, 0.15) is 17.5 Å². The first kappa shape index (κ1) is 14.0. The van der Waals surface area contributed by atoms with Crippen molar-refractivity contribution in [3.8, 4) is 0 Å². The van der Waals surface area contributed by atoms with Gasteiger partial charge in [0, 0.05) is 12.7 Å². The highest BCUT2D eigenvalue weighted by atomic mass is 35.5. The first-order chi connectivity index (χ1) is 9.49. The molecule has 0 bridgehead atoms. The zero-order valence-electron chi connectivity index (χ0n) is 10.4. The van der Waals surface area contributed by atoms with E-state index in [0.717, 1.165) is 0 Å². The summed E-state index contributed by atoms with van der Waals surface area (Å²) in [6, 6.07) is 6.67. The SMILES string of the molecule is CNc1cc([N+](=O)[O-])cc(Nc2ccc(Cl)c(F)c2)n1. The second-order valence-corrected chi connectivity index (χ2v) is 4.26. The second kappa shape index (κ2) is 5.70. The highest BCUT2D eigenvalue weighted by molar-refractivity contribution is 6.30. The van der Waals surface area contributed by atoms with Crippen LogP contribution in [0.15, 0.2) is 30.3 Å². The quantitative estimate of drug-likeness (QED) is 0.666. The van der Waals surface area contributed by atoms with E-state index in [1.54, 1.807) is 13.1 Å².